The van der Waals surface area contributed by atoms with Gasteiger partial charge in [0.05, 0.1) is 17.5 Å². The van der Waals surface area contributed by atoms with Gasteiger partial charge in [-0.25, -0.2) is 4.79 Å². The highest BCUT2D eigenvalue weighted by molar-refractivity contribution is 5.95. The second-order valence-corrected chi connectivity index (χ2v) is 8.85. The van der Waals surface area contributed by atoms with Gasteiger partial charge in [-0.3, -0.25) is 9.78 Å². The molecule has 0 N–H and O–H groups in total. The summed E-state index contributed by atoms with van der Waals surface area (Å²) in [6, 6.07) is 8.33. The Kier molecular flexibility index (Phi) is 4.21. The third kappa shape index (κ3) is 3.02. The van der Waals surface area contributed by atoms with Crippen LogP contribution in [-0.2, 0) is 26.7 Å². The van der Waals surface area contributed by atoms with Crippen molar-refractivity contribution in [2.45, 2.75) is 36.5 Å². The lowest BCUT2D eigenvalue weighted by molar-refractivity contribution is -0.157. The van der Waals surface area contributed by atoms with Gasteiger partial charge in [-0.1, -0.05) is 12.1 Å². The van der Waals surface area contributed by atoms with Crippen LogP contribution in [0.15, 0.2) is 47.1 Å². The summed E-state index contributed by atoms with van der Waals surface area (Å²) in [5, 5.41) is 6.51. The van der Waals surface area contributed by atoms with E-state index in [1.54, 1.807) is 41.4 Å². The molecule has 174 valence electrons. The maximum atomic E-state index is 13.5. The van der Waals surface area contributed by atoms with Crippen LogP contribution >= 0.6 is 0 Å². The molecule has 3 aliphatic rings. The second-order valence-electron chi connectivity index (χ2n) is 8.85. The molecule has 1 aromatic carbocycles. The first kappa shape index (κ1) is 20.8. The number of hydrogen-bond donors (Lipinski definition) is 0. The quantitative estimate of drug-likeness (QED) is 0.541. The van der Waals surface area contributed by atoms with Crippen LogP contribution in [0, 0.1) is 0 Å². The Hall–Kier alpha value is -3.76. The highest BCUT2D eigenvalue weighted by Gasteiger charge is 2.57. The number of likely N-dealkylation sites (tertiary alicyclic amines) is 1. The fourth-order valence-electron chi connectivity index (χ4n) is 4.94. The van der Waals surface area contributed by atoms with Crippen LogP contribution in [0.1, 0.15) is 46.6 Å². The number of nitrogens with zero attached hydrogens (tertiary/aromatic N) is 4. The number of halogens is 3. The van der Waals surface area contributed by atoms with E-state index in [9.17, 15) is 22.8 Å². The van der Waals surface area contributed by atoms with Gasteiger partial charge in [0.15, 0.2) is 5.60 Å². The Morgan fingerprint density at radius 2 is 1.82 bits per heavy atom. The molecule has 2 aromatic heterocycles. The molecule has 1 aliphatic carbocycles. The SMILES string of the molecule is O=C1O[C@]2(CCN(C(=O)C3(c4ccc(-c5nnc(C(F)(F)F)o5)cc4)CC3)C2)c2ccncc21. The first-order valence-electron chi connectivity index (χ1n) is 10.7. The molecule has 0 unspecified atom stereocenters. The van der Waals surface area contributed by atoms with Gasteiger partial charge in [0.1, 0.15) is 0 Å². The number of ether oxygens (including phenoxy) is 1. The van der Waals surface area contributed by atoms with Gasteiger partial charge in [-0.15, -0.1) is 10.2 Å². The maximum Gasteiger partial charge on any atom is 0.470 e. The van der Waals surface area contributed by atoms with E-state index in [0.29, 0.717) is 36.9 Å². The third-order valence-electron chi connectivity index (χ3n) is 6.85. The number of rotatable bonds is 3. The Balaban J connectivity index is 1.22. The highest BCUT2D eigenvalue weighted by atomic mass is 19.4. The number of esters is 1. The van der Waals surface area contributed by atoms with Crippen LogP contribution in [0.2, 0.25) is 0 Å². The number of pyridine rings is 1. The zero-order valence-electron chi connectivity index (χ0n) is 17.6. The summed E-state index contributed by atoms with van der Waals surface area (Å²) in [6.07, 6.45) is 0.212. The molecule has 0 bridgehead atoms. The smallest absolute Gasteiger partial charge is 0.449 e. The molecular formula is C23H17F3N4O4. The van der Waals surface area contributed by atoms with Crippen molar-refractivity contribution < 1.29 is 31.9 Å². The molecule has 6 rings (SSSR count). The molecule has 0 radical (unpaired) electrons. The van der Waals surface area contributed by atoms with Crippen LogP contribution in [0.5, 0.6) is 0 Å². The van der Waals surface area contributed by atoms with E-state index in [4.69, 9.17) is 9.15 Å². The first-order valence-corrected chi connectivity index (χ1v) is 10.7. The van der Waals surface area contributed by atoms with Crippen LogP contribution in [0.3, 0.4) is 0 Å². The van der Waals surface area contributed by atoms with Crippen LogP contribution in [0.25, 0.3) is 11.5 Å². The summed E-state index contributed by atoms with van der Waals surface area (Å²) in [5.74, 6) is -2.13. The predicted molar refractivity (Wildman–Crippen MR) is 108 cm³/mol. The summed E-state index contributed by atoms with van der Waals surface area (Å²) in [5.41, 5.74) is 0.751. The number of carbonyl (C=O) groups excluding carboxylic acids is 2. The first-order chi connectivity index (χ1) is 16.2. The molecule has 2 fully saturated rings. The predicted octanol–water partition coefficient (Wildman–Crippen LogP) is 3.48. The Morgan fingerprint density at radius 1 is 1.06 bits per heavy atom. The normalized spacial score (nSPS) is 22.7. The topological polar surface area (TPSA) is 98.4 Å². The van der Waals surface area contributed by atoms with Crippen LogP contribution in [0.4, 0.5) is 13.2 Å². The minimum atomic E-state index is -4.71. The molecule has 1 atom stereocenters. The highest BCUT2D eigenvalue weighted by Crippen LogP contribution is 2.52. The van der Waals surface area contributed by atoms with Gasteiger partial charge in [0.25, 0.3) is 0 Å². The van der Waals surface area contributed by atoms with E-state index in [-0.39, 0.29) is 18.3 Å². The average Bonchev–Trinajstić information content (AvgIpc) is 3.17. The van der Waals surface area contributed by atoms with E-state index < -0.39 is 29.1 Å². The van der Waals surface area contributed by atoms with E-state index in [0.717, 1.165) is 11.1 Å². The Bertz CT molecular complexity index is 1320. The van der Waals surface area contributed by atoms with E-state index in [1.807, 2.05) is 0 Å². The fourth-order valence-corrected chi connectivity index (χ4v) is 4.94. The number of alkyl halides is 3. The van der Waals surface area contributed by atoms with Crippen molar-refractivity contribution in [3.8, 4) is 11.5 Å². The molecule has 3 aromatic rings. The summed E-state index contributed by atoms with van der Waals surface area (Å²) < 4.78 is 48.6. The third-order valence-corrected chi connectivity index (χ3v) is 6.85. The summed E-state index contributed by atoms with van der Waals surface area (Å²) in [7, 11) is 0. The summed E-state index contributed by atoms with van der Waals surface area (Å²) >= 11 is 0. The maximum absolute atomic E-state index is 13.5. The van der Waals surface area contributed by atoms with Crippen molar-refractivity contribution in [3.05, 3.63) is 65.3 Å². The van der Waals surface area contributed by atoms with Gasteiger partial charge in [-0.2, -0.15) is 13.2 Å². The van der Waals surface area contributed by atoms with Crippen molar-refractivity contribution in [1.82, 2.24) is 20.1 Å². The molecular weight excluding hydrogens is 453 g/mol. The zero-order chi connectivity index (χ0) is 23.7. The average molecular weight is 470 g/mol. The molecule has 11 heteroatoms. The molecule has 34 heavy (non-hydrogen) atoms. The lowest BCUT2D eigenvalue weighted by Gasteiger charge is -2.27. The van der Waals surface area contributed by atoms with Crippen molar-refractivity contribution >= 4 is 11.9 Å². The molecule has 8 nitrogen and oxygen atoms in total. The summed E-state index contributed by atoms with van der Waals surface area (Å²) in [4.78, 5) is 31.6. The monoisotopic (exact) mass is 470 g/mol. The largest absolute Gasteiger partial charge is 0.470 e. The second kappa shape index (κ2) is 6.87. The number of carbonyl (C=O) groups is 2. The molecule has 2 aliphatic heterocycles. The Morgan fingerprint density at radius 3 is 2.50 bits per heavy atom. The van der Waals surface area contributed by atoms with E-state index in [1.165, 1.54) is 6.20 Å². The van der Waals surface area contributed by atoms with E-state index in [2.05, 4.69) is 15.2 Å². The molecule has 1 spiro atoms. The lowest BCUT2D eigenvalue weighted by atomic mass is 9.92. The van der Waals surface area contributed by atoms with Crippen molar-refractivity contribution in [1.29, 1.82) is 0 Å². The number of aromatic nitrogens is 3. The minimum Gasteiger partial charge on any atom is -0.449 e. The van der Waals surface area contributed by atoms with Crippen LogP contribution < -0.4 is 0 Å². The number of fused-ring (bicyclic) bond motifs is 2. The van der Waals surface area contributed by atoms with Gasteiger partial charge in [-0.05, 0) is 36.6 Å². The fraction of sp³-hybridized carbons (Fsp3) is 0.348. The molecule has 1 saturated heterocycles. The van der Waals surface area contributed by atoms with Crippen molar-refractivity contribution in [2.75, 3.05) is 13.1 Å². The minimum absolute atomic E-state index is 0.0483. The number of amides is 1. The number of hydrogen-bond acceptors (Lipinski definition) is 7. The van der Waals surface area contributed by atoms with Gasteiger partial charge < -0.3 is 14.1 Å². The lowest BCUT2D eigenvalue weighted by Crippen LogP contribution is -2.40. The zero-order valence-corrected chi connectivity index (χ0v) is 17.6. The van der Waals surface area contributed by atoms with Crippen molar-refractivity contribution in [3.63, 3.8) is 0 Å². The summed E-state index contributed by atoms with van der Waals surface area (Å²) in [6.45, 7) is 0.729. The van der Waals surface area contributed by atoms with Crippen LogP contribution in [-0.4, -0.2) is 45.0 Å². The van der Waals surface area contributed by atoms with Gasteiger partial charge in [0.2, 0.25) is 11.8 Å². The standard InChI is InChI=1S/C23H17F3N4O4/c24-23(25,26)19-29-28-17(33-19)13-1-3-14(4-2-13)21(6-7-21)20(32)30-10-8-22(12-30)16-5-9-27-11-15(16)18(31)34-22/h1-5,9,11H,6-8,10,12H2/t22-/m0/s1. The van der Waals surface area contributed by atoms with Gasteiger partial charge >= 0.3 is 18.0 Å². The molecule has 1 amide bonds. The number of benzene rings is 1. The van der Waals surface area contributed by atoms with Crippen molar-refractivity contribution in [2.24, 2.45) is 0 Å². The molecule has 4 heterocycles. The van der Waals surface area contributed by atoms with E-state index >= 15 is 0 Å². The molecule has 1 saturated carbocycles. The Labute approximate surface area is 190 Å². The van der Waals surface area contributed by atoms with Gasteiger partial charge in [0, 0.05) is 36.5 Å².